The molecule has 108 valence electrons. The zero-order valence-corrected chi connectivity index (χ0v) is 13.9. The van der Waals surface area contributed by atoms with Gasteiger partial charge in [0.1, 0.15) is 5.82 Å². The monoisotopic (exact) mass is 363 g/mol. The molecule has 0 saturated heterocycles. The molecule has 3 rings (SSSR count). The fourth-order valence-electron chi connectivity index (χ4n) is 2.51. The van der Waals surface area contributed by atoms with Crippen LogP contribution in [0.15, 0.2) is 40.9 Å². The van der Waals surface area contributed by atoms with E-state index < -0.39 is 0 Å². The lowest BCUT2D eigenvalue weighted by atomic mass is 10.2. The highest BCUT2D eigenvalue weighted by atomic mass is 79.9. The van der Waals surface area contributed by atoms with Crippen LogP contribution in [0.1, 0.15) is 13.3 Å². The molecule has 0 unspecified atom stereocenters. The quantitative estimate of drug-likeness (QED) is 0.656. The second-order valence-electron chi connectivity index (χ2n) is 4.99. The van der Waals surface area contributed by atoms with E-state index in [1.165, 1.54) is 0 Å². The highest BCUT2D eigenvalue weighted by Crippen LogP contribution is 2.30. The van der Waals surface area contributed by atoms with Crippen LogP contribution in [0.4, 0.5) is 5.69 Å². The number of rotatable bonds is 3. The third-order valence-electron chi connectivity index (χ3n) is 3.34. The first-order valence-corrected chi connectivity index (χ1v) is 7.98. The summed E-state index contributed by atoms with van der Waals surface area (Å²) in [4.78, 5) is 4.75. The minimum Gasteiger partial charge on any atom is -0.399 e. The van der Waals surface area contributed by atoms with Crippen LogP contribution in [0.3, 0.4) is 0 Å². The number of fused-ring (bicyclic) bond motifs is 1. The molecule has 0 spiro atoms. The molecule has 0 aliphatic rings. The summed E-state index contributed by atoms with van der Waals surface area (Å²) < 4.78 is 3.15. The number of hydrogen-bond donors (Lipinski definition) is 1. The number of anilines is 1. The Kier molecular flexibility index (Phi) is 3.91. The number of nitrogen functional groups attached to an aromatic ring is 1. The minimum atomic E-state index is 0.715. The Bertz CT molecular complexity index is 790. The van der Waals surface area contributed by atoms with Crippen LogP contribution < -0.4 is 5.73 Å². The Balaban J connectivity index is 2.27. The molecular weight excluding hydrogens is 350 g/mol. The summed E-state index contributed by atoms with van der Waals surface area (Å²) in [7, 11) is 0. The number of nitrogens with two attached hydrogens (primary N) is 1. The number of aromatic nitrogens is 2. The van der Waals surface area contributed by atoms with Crippen LogP contribution >= 0.6 is 27.5 Å². The first-order chi connectivity index (χ1) is 10.1. The van der Waals surface area contributed by atoms with E-state index in [9.17, 15) is 0 Å². The van der Waals surface area contributed by atoms with Crippen LogP contribution in [-0.2, 0) is 6.54 Å². The predicted octanol–water partition coefficient (Wildman–Crippen LogP) is 5.11. The van der Waals surface area contributed by atoms with Crippen molar-refractivity contribution in [1.82, 2.24) is 9.55 Å². The molecule has 3 aromatic rings. The van der Waals surface area contributed by atoms with Gasteiger partial charge in [-0.05, 0) is 42.8 Å². The zero-order valence-electron chi connectivity index (χ0n) is 11.6. The third-order valence-corrected chi connectivity index (χ3v) is 4.03. The molecule has 1 heterocycles. The topological polar surface area (TPSA) is 43.8 Å². The van der Waals surface area contributed by atoms with Crippen molar-refractivity contribution in [2.75, 3.05) is 5.73 Å². The highest BCUT2D eigenvalue weighted by molar-refractivity contribution is 9.10. The fraction of sp³-hybridized carbons (Fsp3) is 0.188. The molecule has 21 heavy (non-hydrogen) atoms. The SMILES string of the molecule is CCCn1c(-c2cc(N)cc(Br)c2)nc2ccc(Cl)cc21. The van der Waals surface area contributed by atoms with Gasteiger partial charge in [-0.15, -0.1) is 0 Å². The van der Waals surface area contributed by atoms with Gasteiger partial charge in [-0.1, -0.05) is 34.5 Å². The van der Waals surface area contributed by atoms with Gasteiger partial charge in [0.05, 0.1) is 11.0 Å². The Morgan fingerprint density at radius 3 is 2.76 bits per heavy atom. The van der Waals surface area contributed by atoms with Crippen LogP contribution in [0.5, 0.6) is 0 Å². The van der Waals surface area contributed by atoms with E-state index in [-0.39, 0.29) is 0 Å². The summed E-state index contributed by atoms with van der Waals surface area (Å²) in [6.45, 7) is 3.04. The Labute approximate surface area is 136 Å². The summed E-state index contributed by atoms with van der Waals surface area (Å²) in [5.74, 6) is 0.919. The van der Waals surface area contributed by atoms with E-state index in [1.54, 1.807) is 0 Å². The van der Waals surface area contributed by atoms with Gasteiger partial charge in [0.2, 0.25) is 0 Å². The van der Waals surface area contributed by atoms with Crippen molar-refractivity contribution < 1.29 is 0 Å². The molecule has 2 N–H and O–H groups in total. The average molecular weight is 365 g/mol. The molecule has 3 nitrogen and oxygen atoms in total. The number of imidazole rings is 1. The molecule has 1 aromatic heterocycles. The van der Waals surface area contributed by atoms with Crippen LogP contribution in [0.2, 0.25) is 5.02 Å². The molecule has 2 aromatic carbocycles. The first-order valence-electron chi connectivity index (χ1n) is 6.80. The van der Waals surface area contributed by atoms with Gasteiger partial charge in [0, 0.05) is 27.3 Å². The van der Waals surface area contributed by atoms with Crippen molar-refractivity contribution in [3.63, 3.8) is 0 Å². The molecule has 0 radical (unpaired) electrons. The van der Waals surface area contributed by atoms with Gasteiger partial charge >= 0.3 is 0 Å². The normalized spacial score (nSPS) is 11.2. The maximum atomic E-state index is 6.13. The van der Waals surface area contributed by atoms with E-state index in [2.05, 4.69) is 27.4 Å². The van der Waals surface area contributed by atoms with Crippen molar-refractivity contribution in [2.24, 2.45) is 0 Å². The standard InChI is InChI=1S/C16H15BrClN3/c1-2-5-21-15-9-12(18)3-4-14(15)20-16(21)10-6-11(17)8-13(19)7-10/h3-4,6-9H,2,5,19H2,1H3. The summed E-state index contributed by atoms with van der Waals surface area (Å²) >= 11 is 9.62. The fourth-order valence-corrected chi connectivity index (χ4v) is 3.18. The van der Waals surface area contributed by atoms with E-state index in [0.717, 1.165) is 44.9 Å². The van der Waals surface area contributed by atoms with E-state index in [0.29, 0.717) is 5.69 Å². The summed E-state index contributed by atoms with van der Waals surface area (Å²) in [5.41, 5.74) is 9.67. The maximum absolute atomic E-state index is 6.13. The minimum absolute atomic E-state index is 0.715. The Morgan fingerprint density at radius 1 is 1.24 bits per heavy atom. The van der Waals surface area contributed by atoms with Crippen LogP contribution in [0, 0.1) is 0 Å². The third kappa shape index (κ3) is 2.78. The van der Waals surface area contributed by atoms with Crippen molar-refractivity contribution in [1.29, 1.82) is 0 Å². The number of aryl methyl sites for hydroxylation is 1. The number of hydrogen-bond acceptors (Lipinski definition) is 2. The summed E-state index contributed by atoms with van der Waals surface area (Å²) in [5, 5.41) is 0.722. The molecule has 0 amide bonds. The average Bonchev–Trinajstić information content (AvgIpc) is 2.77. The van der Waals surface area contributed by atoms with E-state index in [4.69, 9.17) is 22.3 Å². The van der Waals surface area contributed by atoms with Gasteiger partial charge < -0.3 is 10.3 Å². The molecule has 5 heteroatoms. The Morgan fingerprint density at radius 2 is 2.05 bits per heavy atom. The smallest absolute Gasteiger partial charge is 0.141 e. The van der Waals surface area contributed by atoms with Crippen molar-refractivity contribution in [2.45, 2.75) is 19.9 Å². The van der Waals surface area contributed by atoms with Gasteiger partial charge in [0.25, 0.3) is 0 Å². The van der Waals surface area contributed by atoms with Crippen molar-refractivity contribution in [3.8, 4) is 11.4 Å². The van der Waals surface area contributed by atoms with Crippen molar-refractivity contribution >= 4 is 44.3 Å². The first kappa shape index (κ1) is 14.4. The molecule has 0 fully saturated rings. The van der Waals surface area contributed by atoms with Crippen LogP contribution in [-0.4, -0.2) is 9.55 Å². The Hall–Kier alpha value is -1.52. The lowest BCUT2D eigenvalue weighted by Crippen LogP contribution is -2.00. The second-order valence-corrected chi connectivity index (χ2v) is 6.35. The largest absolute Gasteiger partial charge is 0.399 e. The number of nitrogens with zero attached hydrogens (tertiary/aromatic N) is 2. The second kappa shape index (κ2) is 5.70. The zero-order chi connectivity index (χ0) is 15.0. The van der Waals surface area contributed by atoms with E-state index in [1.807, 2.05) is 36.4 Å². The summed E-state index contributed by atoms with van der Waals surface area (Å²) in [6, 6.07) is 11.6. The molecule has 0 aliphatic carbocycles. The highest BCUT2D eigenvalue weighted by Gasteiger charge is 2.13. The lowest BCUT2D eigenvalue weighted by Gasteiger charge is -2.09. The summed E-state index contributed by atoms with van der Waals surface area (Å²) in [6.07, 6.45) is 1.02. The molecule has 0 bridgehead atoms. The van der Waals surface area contributed by atoms with E-state index >= 15 is 0 Å². The maximum Gasteiger partial charge on any atom is 0.141 e. The molecule has 0 saturated carbocycles. The molecule has 0 atom stereocenters. The number of halogens is 2. The van der Waals surface area contributed by atoms with Gasteiger partial charge in [-0.3, -0.25) is 0 Å². The van der Waals surface area contributed by atoms with Gasteiger partial charge in [0.15, 0.2) is 0 Å². The lowest BCUT2D eigenvalue weighted by molar-refractivity contribution is 0.704. The van der Waals surface area contributed by atoms with Gasteiger partial charge in [-0.25, -0.2) is 4.98 Å². The van der Waals surface area contributed by atoms with Gasteiger partial charge in [-0.2, -0.15) is 0 Å². The predicted molar refractivity (Wildman–Crippen MR) is 92.6 cm³/mol. The molecular formula is C16H15BrClN3. The van der Waals surface area contributed by atoms with Crippen LogP contribution in [0.25, 0.3) is 22.4 Å². The molecule has 0 aliphatic heterocycles. The van der Waals surface area contributed by atoms with Crippen molar-refractivity contribution in [3.05, 3.63) is 45.9 Å². The number of benzene rings is 2.